The van der Waals surface area contributed by atoms with Gasteiger partial charge < -0.3 is 0 Å². The van der Waals surface area contributed by atoms with E-state index in [1.807, 2.05) is 22.7 Å². The first-order chi connectivity index (χ1) is 38.5. The molecule has 0 amide bonds. The van der Waals surface area contributed by atoms with Gasteiger partial charge in [0.1, 0.15) is 0 Å². The van der Waals surface area contributed by atoms with Crippen molar-refractivity contribution in [2.75, 3.05) is 0 Å². The Morgan fingerprint density at radius 3 is 1.01 bits per heavy atom. The minimum Gasteiger partial charge on any atom is -0.139 e. The molecule has 0 aliphatic rings. The lowest BCUT2D eigenvalue weighted by molar-refractivity contribution is 0.667. The fourth-order valence-electron chi connectivity index (χ4n) is 10.0. The summed E-state index contributed by atoms with van der Waals surface area (Å²) >= 11 is 7.42. The molecular formula is C74H74S4. The van der Waals surface area contributed by atoms with Gasteiger partial charge in [-0.15, -0.1) is 45.3 Å². The summed E-state index contributed by atoms with van der Waals surface area (Å²) in [6.07, 6.45) is 24.9. The van der Waals surface area contributed by atoms with Crippen molar-refractivity contribution < 1.29 is 0 Å². The Labute approximate surface area is 483 Å². The van der Waals surface area contributed by atoms with E-state index in [0.29, 0.717) is 0 Å². The van der Waals surface area contributed by atoms with E-state index in [1.165, 1.54) is 143 Å². The lowest BCUT2D eigenvalue weighted by atomic mass is 9.90. The largest absolute Gasteiger partial charge is 0.139 e. The Morgan fingerprint density at radius 1 is 0.269 bits per heavy atom. The Morgan fingerprint density at radius 2 is 0.615 bits per heavy atom. The summed E-state index contributed by atoms with van der Waals surface area (Å²) in [6, 6.07) is 49.1. The van der Waals surface area contributed by atoms with Crippen LogP contribution >= 0.6 is 45.3 Å². The number of rotatable bonds is 22. The molecule has 0 atom stereocenters. The SMILES string of the molecule is CCCCCCc1ccc(C#Cc2ccc3c(C#Cc4ccc(-c5ccc(CCCCCC)s5)s4)c4cc(C#Cc5ccc(CCCCCC)cc5)ccc4c(C#Cc4ccc(-c5ccc(CCCCCC)s5)s4)c3c2)cc1. The van der Waals surface area contributed by atoms with Crippen LogP contribution in [0.3, 0.4) is 0 Å². The third-order valence-electron chi connectivity index (χ3n) is 14.6. The zero-order valence-electron chi connectivity index (χ0n) is 46.5. The summed E-state index contributed by atoms with van der Waals surface area (Å²) < 4.78 is 0. The van der Waals surface area contributed by atoms with E-state index in [9.17, 15) is 0 Å². The molecule has 0 spiro atoms. The number of hydrogen-bond acceptors (Lipinski definition) is 4. The molecule has 0 aliphatic heterocycles. The van der Waals surface area contributed by atoms with Crippen LogP contribution in [0, 0.1) is 47.4 Å². The van der Waals surface area contributed by atoms with Crippen molar-refractivity contribution in [3.8, 4) is 66.9 Å². The van der Waals surface area contributed by atoms with E-state index in [2.05, 4.69) is 209 Å². The molecule has 0 unspecified atom stereocenters. The summed E-state index contributed by atoms with van der Waals surface area (Å²) in [5.74, 6) is 29.0. The van der Waals surface area contributed by atoms with Crippen LogP contribution in [0.15, 0.2) is 133 Å². The van der Waals surface area contributed by atoms with Crippen molar-refractivity contribution in [2.24, 2.45) is 0 Å². The second-order valence-corrected chi connectivity index (χ2v) is 25.3. The van der Waals surface area contributed by atoms with Crippen molar-refractivity contribution in [3.63, 3.8) is 0 Å². The standard InChI is InChI=1S/C74H74S4/c1-5-9-13-17-21-55-25-29-57(30-26-55)33-35-59-37-45-65-68(48-40-64-44-52-74(78-64)72-50-42-62(76-72)24-20-16-12-8-4)70-54-60(36-34-58-31-27-56(28-32-58)22-18-14-10-6-2)38-46-66(70)67(69(65)53-59)47-39-63-43-51-73(77-63)71-49-41-61(75-71)23-19-15-11-7-3/h25-32,37-38,41-46,49-54H,5-24H2,1-4H3. The molecule has 0 saturated carbocycles. The molecule has 394 valence electrons. The van der Waals surface area contributed by atoms with Crippen LogP contribution in [0.1, 0.15) is 194 Å². The van der Waals surface area contributed by atoms with Gasteiger partial charge in [0.2, 0.25) is 0 Å². The maximum absolute atomic E-state index is 3.77. The maximum atomic E-state index is 3.77. The second kappa shape index (κ2) is 29.6. The van der Waals surface area contributed by atoms with Crippen LogP contribution in [-0.2, 0) is 25.7 Å². The zero-order chi connectivity index (χ0) is 53.7. The van der Waals surface area contributed by atoms with Gasteiger partial charge >= 0.3 is 0 Å². The number of aryl methyl sites for hydroxylation is 4. The molecule has 4 heterocycles. The normalized spacial score (nSPS) is 10.9. The first kappa shape index (κ1) is 56.4. The summed E-state index contributed by atoms with van der Waals surface area (Å²) in [6.45, 7) is 9.09. The van der Waals surface area contributed by atoms with E-state index >= 15 is 0 Å². The minimum absolute atomic E-state index is 0.951. The molecule has 0 aliphatic carbocycles. The summed E-state index contributed by atoms with van der Waals surface area (Å²) in [5, 5.41) is 4.25. The smallest absolute Gasteiger partial charge is 0.0779 e. The van der Waals surface area contributed by atoms with Gasteiger partial charge in [0.15, 0.2) is 0 Å². The third kappa shape index (κ3) is 15.9. The Bertz CT molecular complexity index is 3400. The topological polar surface area (TPSA) is 0 Å². The fourth-order valence-corrected chi connectivity index (χ4v) is 14.0. The van der Waals surface area contributed by atoms with Crippen molar-refractivity contribution in [3.05, 3.63) is 197 Å². The number of fused-ring (bicyclic) bond motifs is 2. The fraction of sp³-hybridized carbons (Fsp3) is 0.324. The highest BCUT2D eigenvalue weighted by atomic mass is 32.1. The molecule has 0 nitrogen and oxygen atoms in total. The molecule has 0 radical (unpaired) electrons. The van der Waals surface area contributed by atoms with Gasteiger partial charge in [-0.05, 0) is 170 Å². The first-order valence-electron chi connectivity index (χ1n) is 29.1. The molecule has 9 aromatic rings. The van der Waals surface area contributed by atoms with Crippen molar-refractivity contribution in [2.45, 2.75) is 156 Å². The Balaban J connectivity index is 1.11. The van der Waals surface area contributed by atoms with E-state index in [4.69, 9.17) is 0 Å². The highest BCUT2D eigenvalue weighted by molar-refractivity contribution is 7.23. The van der Waals surface area contributed by atoms with E-state index in [0.717, 1.165) is 90.4 Å². The molecule has 4 aromatic heterocycles. The zero-order valence-corrected chi connectivity index (χ0v) is 49.7. The van der Waals surface area contributed by atoms with Gasteiger partial charge in [-0.3, -0.25) is 0 Å². The monoisotopic (exact) mass is 1090 g/mol. The van der Waals surface area contributed by atoms with Crippen LogP contribution in [0.2, 0.25) is 0 Å². The van der Waals surface area contributed by atoms with Crippen molar-refractivity contribution in [1.29, 1.82) is 0 Å². The molecular weight excluding hydrogens is 1020 g/mol. The summed E-state index contributed by atoms with van der Waals surface area (Å²) in [5.41, 5.74) is 8.67. The molecule has 9 rings (SSSR count). The number of thiophene rings is 4. The number of benzene rings is 5. The number of unbranched alkanes of at least 4 members (excludes halogenated alkanes) is 12. The average molecular weight is 1090 g/mol. The highest BCUT2D eigenvalue weighted by Gasteiger charge is 2.15. The van der Waals surface area contributed by atoms with Gasteiger partial charge in [-0.2, -0.15) is 0 Å². The quantitative estimate of drug-likeness (QED) is 0.0360. The van der Waals surface area contributed by atoms with Crippen LogP contribution < -0.4 is 0 Å². The van der Waals surface area contributed by atoms with E-state index in [-0.39, 0.29) is 0 Å². The molecule has 0 N–H and O–H groups in total. The average Bonchev–Trinajstić information content (AvgIpc) is 4.37. The lowest BCUT2D eigenvalue weighted by Gasteiger charge is -2.12. The predicted molar refractivity (Wildman–Crippen MR) is 345 cm³/mol. The lowest BCUT2D eigenvalue weighted by Crippen LogP contribution is -1.93. The Kier molecular flexibility index (Phi) is 21.4. The van der Waals surface area contributed by atoms with Crippen LogP contribution in [-0.4, -0.2) is 0 Å². The van der Waals surface area contributed by atoms with Gasteiger partial charge in [-0.25, -0.2) is 0 Å². The van der Waals surface area contributed by atoms with Gasteiger partial charge in [0.05, 0.1) is 9.75 Å². The van der Waals surface area contributed by atoms with Crippen LogP contribution in [0.4, 0.5) is 0 Å². The van der Waals surface area contributed by atoms with Crippen molar-refractivity contribution >= 4 is 66.9 Å². The minimum atomic E-state index is 0.951. The van der Waals surface area contributed by atoms with Crippen LogP contribution in [0.25, 0.3) is 41.1 Å². The third-order valence-corrected chi connectivity index (χ3v) is 19.2. The van der Waals surface area contributed by atoms with Gasteiger partial charge in [0.25, 0.3) is 0 Å². The molecule has 0 saturated heterocycles. The Hall–Kier alpha value is -6.34. The molecule has 4 heteroatoms. The van der Waals surface area contributed by atoms with Gasteiger partial charge in [0, 0.05) is 73.4 Å². The molecule has 0 fully saturated rings. The molecule has 5 aromatic carbocycles. The van der Waals surface area contributed by atoms with Crippen molar-refractivity contribution in [1.82, 2.24) is 0 Å². The summed E-state index contributed by atoms with van der Waals surface area (Å²) in [4.78, 5) is 10.2. The highest BCUT2D eigenvalue weighted by Crippen LogP contribution is 2.38. The predicted octanol–water partition coefficient (Wildman–Crippen LogP) is 21.7. The van der Waals surface area contributed by atoms with Crippen LogP contribution in [0.5, 0.6) is 0 Å². The number of hydrogen-bond donors (Lipinski definition) is 0. The molecule has 78 heavy (non-hydrogen) atoms. The summed E-state index contributed by atoms with van der Waals surface area (Å²) in [7, 11) is 0. The van der Waals surface area contributed by atoms with E-state index < -0.39 is 0 Å². The maximum Gasteiger partial charge on any atom is 0.0779 e. The first-order valence-corrected chi connectivity index (χ1v) is 32.4. The second-order valence-electron chi connectivity index (χ2n) is 20.8. The molecule has 0 bridgehead atoms. The van der Waals surface area contributed by atoms with Gasteiger partial charge in [-0.1, -0.05) is 189 Å². The van der Waals surface area contributed by atoms with E-state index in [1.54, 1.807) is 22.7 Å².